The maximum atomic E-state index is 12.5. The zero-order valence-electron chi connectivity index (χ0n) is 13.1. The second-order valence-electron chi connectivity index (χ2n) is 5.17. The van der Waals surface area contributed by atoms with E-state index in [0.717, 1.165) is 30.9 Å². The zero-order chi connectivity index (χ0) is 15.2. The van der Waals surface area contributed by atoms with Crippen molar-refractivity contribution < 1.29 is 19.2 Å². The number of likely N-dealkylation sites (N-methyl/N-ethyl adjacent to an activating group) is 1. The fraction of sp³-hybridized carbons (Fsp3) is 0.562. The van der Waals surface area contributed by atoms with E-state index in [1.54, 1.807) is 0 Å². The molecule has 21 heavy (non-hydrogen) atoms. The first kappa shape index (κ1) is 15.6. The van der Waals surface area contributed by atoms with Crippen LogP contribution in [0.25, 0.3) is 0 Å². The van der Waals surface area contributed by atoms with E-state index in [1.807, 2.05) is 18.2 Å². The molecule has 1 amide bonds. The van der Waals surface area contributed by atoms with E-state index in [2.05, 4.69) is 26.1 Å². The molecule has 0 saturated heterocycles. The average molecular weight is 293 g/mol. The second-order valence-corrected chi connectivity index (χ2v) is 5.17. The van der Waals surface area contributed by atoms with Crippen LogP contribution < -0.4 is 19.7 Å². The number of carbonyl (C=O) groups excluding carboxylic acids is 1. The molecule has 0 radical (unpaired) electrons. The lowest BCUT2D eigenvalue weighted by molar-refractivity contribution is -0.912. The lowest BCUT2D eigenvalue weighted by Gasteiger charge is -2.25. The van der Waals surface area contributed by atoms with Crippen LogP contribution in [-0.2, 0) is 4.79 Å². The fourth-order valence-corrected chi connectivity index (χ4v) is 2.75. The van der Waals surface area contributed by atoms with Gasteiger partial charge >= 0.3 is 0 Å². The molecule has 116 valence electrons. The molecule has 1 aliphatic heterocycles. The van der Waals surface area contributed by atoms with Gasteiger partial charge in [0.1, 0.15) is 13.2 Å². The van der Waals surface area contributed by atoms with Crippen molar-refractivity contribution in [2.75, 3.05) is 31.6 Å². The number of hydrogen-bond donors (Lipinski definition) is 2. The van der Waals surface area contributed by atoms with E-state index in [1.165, 1.54) is 4.90 Å². The van der Waals surface area contributed by atoms with Crippen molar-refractivity contribution in [3.8, 4) is 11.5 Å². The predicted octanol–water partition coefficient (Wildman–Crippen LogP) is 1.10. The van der Waals surface area contributed by atoms with Gasteiger partial charge in [-0.3, -0.25) is 4.79 Å². The molecule has 0 bridgehead atoms. The summed E-state index contributed by atoms with van der Waals surface area (Å²) < 4.78 is 11.0. The van der Waals surface area contributed by atoms with Gasteiger partial charge in [-0.25, -0.2) is 0 Å². The Balaban J connectivity index is 2.07. The highest BCUT2D eigenvalue weighted by atomic mass is 16.6. The summed E-state index contributed by atoms with van der Waals surface area (Å²) in [5, 5.41) is 3.00. The lowest BCUT2D eigenvalue weighted by Crippen LogP contribution is -3.16. The van der Waals surface area contributed by atoms with Crippen molar-refractivity contribution in [1.82, 2.24) is 0 Å². The van der Waals surface area contributed by atoms with Crippen molar-refractivity contribution in [2.24, 2.45) is 0 Å². The standard InChI is InChI=1S/C16H24N2O3/c1-4-13(18(5-2)6-3)16(19)17-12-7-8-14-15(11-12)21-10-9-20-14/h7-8,11,13H,4-6,9-10H2,1-3H3,(H,17,19)/p+1. The van der Waals surface area contributed by atoms with Gasteiger partial charge < -0.3 is 19.7 Å². The normalized spacial score (nSPS) is 14.9. The van der Waals surface area contributed by atoms with E-state index in [4.69, 9.17) is 9.47 Å². The molecule has 2 rings (SSSR count). The van der Waals surface area contributed by atoms with Gasteiger partial charge in [-0.05, 0) is 26.0 Å². The van der Waals surface area contributed by atoms with Crippen LogP contribution >= 0.6 is 0 Å². The van der Waals surface area contributed by atoms with Crippen LogP contribution in [-0.4, -0.2) is 38.3 Å². The summed E-state index contributed by atoms with van der Waals surface area (Å²) in [4.78, 5) is 13.8. The number of benzene rings is 1. The molecule has 0 spiro atoms. The number of nitrogens with one attached hydrogen (secondary N) is 2. The Bertz CT molecular complexity index is 486. The van der Waals surface area contributed by atoms with E-state index in [9.17, 15) is 4.79 Å². The SMILES string of the molecule is CCC(C(=O)Nc1ccc2c(c1)OCCO2)[NH+](CC)CC. The van der Waals surface area contributed by atoms with Gasteiger partial charge in [0.2, 0.25) is 0 Å². The minimum Gasteiger partial charge on any atom is -0.486 e. The van der Waals surface area contributed by atoms with Gasteiger partial charge in [0.15, 0.2) is 17.5 Å². The van der Waals surface area contributed by atoms with Gasteiger partial charge in [0.05, 0.1) is 13.1 Å². The van der Waals surface area contributed by atoms with Crippen molar-refractivity contribution in [3.05, 3.63) is 18.2 Å². The monoisotopic (exact) mass is 293 g/mol. The van der Waals surface area contributed by atoms with Crippen LogP contribution in [0.5, 0.6) is 11.5 Å². The van der Waals surface area contributed by atoms with Gasteiger partial charge in [-0.2, -0.15) is 0 Å². The second kappa shape index (κ2) is 7.31. The van der Waals surface area contributed by atoms with Crippen LogP contribution in [0.3, 0.4) is 0 Å². The number of carbonyl (C=O) groups is 1. The number of amides is 1. The molecule has 1 aromatic rings. The van der Waals surface area contributed by atoms with Crippen LogP contribution in [0.1, 0.15) is 27.2 Å². The van der Waals surface area contributed by atoms with Crippen molar-refractivity contribution in [3.63, 3.8) is 0 Å². The van der Waals surface area contributed by atoms with Gasteiger partial charge in [-0.1, -0.05) is 6.92 Å². The minimum absolute atomic E-state index is 0.0202. The van der Waals surface area contributed by atoms with E-state index < -0.39 is 0 Å². The lowest BCUT2D eigenvalue weighted by atomic mass is 10.1. The molecule has 5 nitrogen and oxygen atoms in total. The molecule has 1 aromatic carbocycles. The largest absolute Gasteiger partial charge is 0.486 e. The van der Waals surface area contributed by atoms with E-state index >= 15 is 0 Å². The summed E-state index contributed by atoms with van der Waals surface area (Å²) in [6.07, 6.45) is 0.827. The van der Waals surface area contributed by atoms with Crippen LogP contribution in [0, 0.1) is 0 Å². The molecule has 1 unspecified atom stereocenters. The fourth-order valence-electron chi connectivity index (χ4n) is 2.75. The third kappa shape index (κ3) is 3.67. The molecular formula is C16H25N2O3+. The number of anilines is 1. The first-order chi connectivity index (χ1) is 10.2. The molecule has 1 heterocycles. The highest BCUT2D eigenvalue weighted by Gasteiger charge is 2.26. The summed E-state index contributed by atoms with van der Waals surface area (Å²) in [6, 6.07) is 5.51. The smallest absolute Gasteiger partial charge is 0.282 e. The maximum Gasteiger partial charge on any atom is 0.282 e. The first-order valence-electron chi connectivity index (χ1n) is 7.74. The summed E-state index contributed by atoms with van der Waals surface area (Å²) in [5.74, 6) is 1.50. The topological polar surface area (TPSA) is 52.0 Å². The molecule has 2 N–H and O–H groups in total. The van der Waals surface area contributed by atoms with Gasteiger partial charge in [0.25, 0.3) is 5.91 Å². The first-order valence-corrected chi connectivity index (χ1v) is 7.74. The average Bonchev–Trinajstić information content (AvgIpc) is 2.52. The van der Waals surface area contributed by atoms with E-state index in [-0.39, 0.29) is 11.9 Å². The summed E-state index contributed by atoms with van der Waals surface area (Å²) in [6.45, 7) is 9.29. The Kier molecular flexibility index (Phi) is 5.44. The molecule has 1 aliphatic rings. The number of rotatable bonds is 6. The van der Waals surface area contributed by atoms with E-state index in [0.29, 0.717) is 19.0 Å². The molecule has 0 fully saturated rings. The Morgan fingerprint density at radius 1 is 1.19 bits per heavy atom. The maximum absolute atomic E-state index is 12.5. The third-order valence-corrected chi connectivity index (χ3v) is 3.94. The minimum atomic E-state index is -0.0202. The molecule has 5 heteroatoms. The van der Waals surface area contributed by atoms with Crippen LogP contribution in [0.15, 0.2) is 18.2 Å². The molecule has 0 aromatic heterocycles. The molecular weight excluding hydrogens is 268 g/mol. The quantitative estimate of drug-likeness (QED) is 0.826. The third-order valence-electron chi connectivity index (χ3n) is 3.94. The molecule has 0 saturated carbocycles. The Morgan fingerprint density at radius 3 is 2.48 bits per heavy atom. The predicted molar refractivity (Wildman–Crippen MR) is 82.2 cm³/mol. The highest BCUT2D eigenvalue weighted by molar-refractivity contribution is 5.94. The summed E-state index contributed by atoms with van der Waals surface area (Å²) in [7, 11) is 0. The summed E-state index contributed by atoms with van der Waals surface area (Å²) in [5.41, 5.74) is 0.759. The Morgan fingerprint density at radius 2 is 1.86 bits per heavy atom. The number of fused-ring (bicyclic) bond motifs is 1. The van der Waals surface area contributed by atoms with Gasteiger partial charge in [-0.15, -0.1) is 0 Å². The Labute approximate surface area is 126 Å². The van der Waals surface area contributed by atoms with Crippen LogP contribution in [0.2, 0.25) is 0 Å². The van der Waals surface area contributed by atoms with Crippen LogP contribution in [0.4, 0.5) is 5.69 Å². The Hall–Kier alpha value is -1.75. The van der Waals surface area contributed by atoms with Crippen molar-refractivity contribution in [1.29, 1.82) is 0 Å². The number of hydrogen-bond acceptors (Lipinski definition) is 3. The highest BCUT2D eigenvalue weighted by Crippen LogP contribution is 2.32. The number of ether oxygens (including phenoxy) is 2. The summed E-state index contributed by atoms with van der Waals surface area (Å²) >= 11 is 0. The van der Waals surface area contributed by atoms with Crippen molar-refractivity contribution in [2.45, 2.75) is 33.2 Å². The molecule has 1 atom stereocenters. The van der Waals surface area contributed by atoms with Crippen molar-refractivity contribution >= 4 is 11.6 Å². The number of quaternary nitrogens is 1. The molecule has 0 aliphatic carbocycles. The zero-order valence-corrected chi connectivity index (χ0v) is 13.1. The van der Waals surface area contributed by atoms with Gasteiger partial charge in [0, 0.05) is 18.2 Å².